The Balaban J connectivity index is 0.000000926. The molecule has 212 valence electrons. The first-order chi connectivity index (χ1) is 18.2. The van der Waals surface area contributed by atoms with Gasteiger partial charge in [-0.15, -0.1) is 10.2 Å². The number of hydrogen-bond donors (Lipinski definition) is 3. The zero-order valence-electron chi connectivity index (χ0n) is 22.2. The van der Waals surface area contributed by atoms with E-state index in [0.29, 0.717) is 55.5 Å². The molecule has 1 aliphatic rings. The van der Waals surface area contributed by atoms with E-state index in [1.807, 2.05) is 0 Å². The maximum atomic E-state index is 13.3. The van der Waals surface area contributed by atoms with E-state index in [1.165, 1.54) is 0 Å². The Morgan fingerprint density at radius 2 is 1.97 bits per heavy atom. The van der Waals surface area contributed by atoms with Gasteiger partial charge in [0.1, 0.15) is 11.4 Å². The molecular formula is C27H38F3N3O5. The lowest BCUT2D eigenvalue weighted by Crippen LogP contribution is -2.21. The second kappa shape index (κ2) is 15.5. The molecule has 0 amide bonds. The molecule has 1 atom stereocenters. The molecule has 0 radical (unpaired) electrons. The molecule has 8 nitrogen and oxygen atoms in total. The number of rotatable bonds is 10. The minimum Gasteiger partial charge on any atom is -0.507 e. The van der Waals surface area contributed by atoms with Gasteiger partial charge in [-0.05, 0) is 55.9 Å². The van der Waals surface area contributed by atoms with Gasteiger partial charge in [0.05, 0.1) is 25.4 Å². The number of unbranched alkanes of at least 4 members (excludes halogenated alkanes) is 2. The number of alkyl halides is 3. The summed E-state index contributed by atoms with van der Waals surface area (Å²) in [7, 11) is 0. The highest BCUT2D eigenvalue weighted by Crippen LogP contribution is 2.42. The number of aliphatic hydroxyl groups is 1. The van der Waals surface area contributed by atoms with Crippen LogP contribution in [0.4, 0.5) is 19.0 Å². The van der Waals surface area contributed by atoms with Crippen LogP contribution >= 0.6 is 0 Å². The topological polar surface area (TPSA) is 114 Å². The second-order valence-corrected chi connectivity index (χ2v) is 8.99. The summed E-state index contributed by atoms with van der Waals surface area (Å²) in [5.74, 6) is -0.0517. The molecule has 11 heteroatoms. The largest absolute Gasteiger partial charge is 0.507 e. The number of phenolic OH excluding ortho intramolecular Hbond substituents is 1. The predicted molar refractivity (Wildman–Crippen MR) is 138 cm³/mol. The minimum atomic E-state index is -4.60. The summed E-state index contributed by atoms with van der Waals surface area (Å²) in [5.41, 5.74) is 0.922. The minimum absolute atomic E-state index is 0.0856. The molecule has 0 aliphatic carbocycles. The van der Waals surface area contributed by atoms with Crippen molar-refractivity contribution in [3.8, 4) is 17.0 Å². The third-order valence-electron chi connectivity index (χ3n) is 6.30. The van der Waals surface area contributed by atoms with Crippen molar-refractivity contribution in [2.75, 3.05) is 18.5 Å². The van der Waals surface area contributed by atoms with Crippen molar-refractivity contribution in [1.82, 2.24) is 10.2 Å². The van der Waals surface area contributed by atoms with Crippen LogP contribution in [-0.2, 0) is 40.1 Å². The van der Waals surface area contributed by atoms with Crippen LogP contribution in [0.25, 0.3) is 11.3 Å². The van der Waals surface area contributed by atoms with Crippen LogP contribution in [0.3, 0.4) is 0 Å². The fraction of sp³-hybridized carbons (Fsp3) is 0.593. The van der Waals surface area contributed by atoms with Gasteiger partial charge < -0.3 is 25.0 Å². The molecule has 0 spiro atoms. The van der Waals surface area contributed by atoms with Crippen LogP contribution in [0, 0.1) is 0 Å². The highest BCUT2D eigenvalue weighted by molar-refractivity contribution is 5.76. The van der Waals surface area contributed by atoms with Gasteiger partial charge in [0.2, 0.25) is 0 Å². The highest BCUT2D eigenvalue weighted by Gasteiger charge is 2.33. The predicted octanol–water partition coefficient (Wildman–Crippen LogP) is 5.77. The van der Waals surface area contributed by atoms with E-state index in [1.54, 1.807) is 6.92 Å². The summed E-state index contributed by atoms with van der Waals surface area (Å²) in [6, 6.07) is 1.86. The third kappa shape index (κ3) is 8.56. The Morgan fingerprint density at radius 3 is 2.55 bits per heavy atom. The second-order valence-electron chi connectivity index (χ2n) is 8.99. The van der Waals surface area contributed by atoms with Crippen LogP contribution < -0.4 is 5.32 Å². The quantitative estimate of drug-likeness (QED) is 0.257. The summed E-state index contributed by atoms with van der Waals surface area (Å²) in [4.78, 5) is 9.18. The van der Waals surface area contributed by atoms with Gasteiger partial charge in [-0.3, -0.25) is 4.79 Å². The van der Waals surface area contributed by atoms with Crippen molar-refractivity contribution in [2.24, 2.45) is 0 Å². The lowest BCUT2D eigenvalue weighted by molar-refractivity contribution is -0.137. The molecule has 1 unspecified atom stereocenters. The maximum Gasteiger partial charge on any atom is 0.416 e. The number of carbonyl (C=O) groups is 1. The number of phenols is 1. The lowest BCUT2D eigenvalue weighted by Gasteiger charge is -2.22. The molecule has 38 heavy (non-hydrogen) atoms. The number of hydrogen-bond acceptors (Lipinski definition) is 8. The normalized spacial score (nSPS) is 14.0. The molecule has 0 bridgehead atoms. The van der Waals surface area contributed by atoms with Crippen LogP contribution in [-0.4, -0.2) is 46.1 Å². The van der Waals surface area contributed by atoms with Gasteiger partial charge in [0, 0.05) is 23.8 Å². The number of aromatic nitrogens is 2. The fourth-order valence-electron chi connectivity index (χ4n) is 4.31. The van der Waals surface area contributed by atoms with Gasteiger partial charge in [-0.25, -0.2) is 0 Å². The molecule has 0 fully saturated rings. The van der Waals surface area contributed by atoms with Crippen molar-refractivity contribution >= 4 is 12.3 Å². The summed E-state index contributed by atoms with van der Waals surface area (Å²) in [6.07, 6.45) is 1.67. The van der Waals surface area contributed by atoms with Gasteiger partial charge in [-0.1, -0.05) is 33.1 Å². The zero-order valence-corrected chi connectivity index (χ0v) is 22.2. The Morgan fingerprint density at radius 1 is 1.21 bits per heavy atom. The summed E-state index contributed by atoms with van der Waals surface area (Å²) >= 11 is 0. The lowest BCUT2D eigenvalue weighted by atomic mass is 9.93. The summed E-state index contributed by atoms with van der Waals surface area (Å²) in [5, 5.41) is 32.8. The SMILES string of the molecule is CCCCCC(CC)Nc1nnc2c(c1CO)CCCOCc1cc(C(F)(F)F)cc(O)c1-2.CCOC=O. The van der Waals surface area contributed by atoms with Gasteiger partial charge in [0.15, 0.2) is 5.82 Å². The first kappa shape index (κ1) is 31.3. The average molecular weight is 542 g/mol. The van der Waals surface area contributed by atoms with E-state index in [4.69, 9.17) is 4.74 Å². The molecule has 1 aromatic carbocycles. The number of benzene rings is 1. The van der Waals surface area contributed by atoms with Crippen LogP contribution in [0.1, 0.15) is 81.5 Å². The van der Waals surface area contributed by atoms with Crippen molar-refractivity contribution in [1.29, 1.82) is 0 Å². The van der Waals surface area contributed by atoms with E-state index in [2.05, 4.69) is 34.1 Å². The molecular weight excluding hydrogens is 503 g/mol. The Labute approximate surface area is 221 Å². The molecule has 3 N–H and O–H groups in total. The van der Waals surface area contributed by atoms with Crippen LogP contribution in [0.2, 0.25) is 0 Å². The van der Waals surface area contributed by atoms with Crippen LogP contribution in [0.5, 0.6) is 5.75 Å². The van der Waals surface area contributed by atoms with Gasteiger partial charge >= 0.3 is 6.18 Å². The van der Waals surface area contributed by atoms with Crippen molar-refractivity contribution < 1.29 is 37.7 Å². The molecule has 0 saturated carbocycles. The summed E-state index contributed by atoms with van der Waals surface area (Å²) in [6.45, 7) is 6.84. The van der Waals surface area contributed by atoms with Gasteiger partial charge in [-0.2, -0.15) is 13.2 Å². The zero-order chi connectivity index (χ0) is 28.1. The van der Waals surface area contributed by atoms with E-state index in [0.717, 1.165) is 38.2 Å². The average Bonchev–Trinajstić information content (AvgIpc) is 2.97. The van der Waals surface area contributed by atoms with Gasteiger partial charge in [0.25, 0.3) is 6.47 Å². The number of ether oxygens (including phenoxy) is 2. The first-order valence-corrected chi connectivity index (χ1v) is 13.0. The maximum absolute atomic E-state index is 13.3. The molecule has 0 saturated heterocycles. The summed E-state index contributed by atoms with van der Waals surface area (Å²) < 4.78 is 49.7. The Hall–Kier alpha value is -2.92. The van der Waals surface area contributed by atoms with Crippen molar-refractivity contribution in [3.05, 3.63) is 34.4 Å². The number of fused-ring (bicyclic) bond motifs is 3. The van der Waals surface area contributed by atoms with E-state index < -0.39 is 17.5 Å². The molecule has 2 aromatic rings. The molecule has 1 aliphatic heterocycles. The number of carbonyl (C=O) groups excluding carboxylic acids is 1. The standard InChI is InChI=1S/C24H32F3N3O3.C3H6O2/c1-3-5-6-8-17(4-2)28-23-19(13-31)18-9-7-10-33-14-15-11-16(24(25,26)27)12-20(32)21(15)22(18)29-30-23;1-2-5-3-4/h11-12,17,31-32H,3-10,13-14H2,1-2H3,(H,28,30);3H,2H2,1H3. The number of aromatic hydroxyl groups is 1. The Bertz CT molecular complexity index is 1030. The molecule has 1 aromatic heterocycles. The number of halogens is 3. The number of aliphatic hydroxyl groups excluding tert-OH is 1. The monoisotopic (exact) mass is 541 g/mol. The fourth-order valence-corrected chi connectivity index (χ4v) is 4.31. The Kier molecular flexibility index (Phi) is 12.8. The number of anilines is 1. The van der Waals surface area contributed by atoms with E-state index in [-0.39, 0.29) is 36.1 Å². The number of nitrogens with one attached hydrogen (secondary N) is 1. The third-order valence-corrected chi connectivity index (χ3v) is 6.30. The van der Waals surface area contributed by atoms with Crippen molar-refractivity contribution in [2.45, 2.75) is 91.1 Å². The molecule has 3 rings (SSSR count). The van der Waals surface area contributed by atoms with Crippen molar-refractivity contribution in [3.63, 3.8) is 0 Å². The van der Waals surface area contributed by atoms with E-state index in [9.17, 15) is 28.2 Å². The highest BCUT2D eigenvalue weighted by atomic mass is 19.4. The smallest absolute Gasteiger partial charge is 0.416 e. The number of nitrogens with zero attached hydrogens (tertiary/aromatic N) is 2. The van der Waals surface area contributed by atoms with E-state index >= 15 is 0 Å². The molecule has 2 heterocycles. The first-order valence-electron chi connectivity index (χ1n) is 13.0. The van der Waals surface area contributed by atoms with Crippen LogP contribution in [0.15, 0.2) is 12.1 Å².